The Hall–Kier alpha value is -5.39. The van der Waals surface area contributed by atoms with Gasteiger partial charge in [0.2, 0.25) is 17.8 Å². The summed E-state index contributed by atoms with van der Waals surface area (Å²) in [4.78, 5) is 39.6. The molecule has 3 N–H and O–H groups in total. The summed E-state index contributed by atoms with van der Waals surface area (Å²) in [5, 5.41) is 11.1. The van der Waals surface area contributed by atoms with E-state index in [-0.39, 0.29) is 18.4 Å². The number of hydrogen-bond acceptors (Lipinski definition) is 8. The third-order valence-corrected chi connectivity index (χ3v) is 7.86. The first-order chi connectivity index (χ1) is 22.1. The Labute approximate surface area is 264 Å². The Morgan fingerprint density at radius 1 is 0.911 bits per heavy atom. The zero-order chi connectivity index (χ0) is 31.0. The zero-order valence-corrected chi connectivity index (χ0v) is 25.4. The minimum Gasteiger partial charge on any atom is -0.375 e. The van der Waals surface area contributed by atoms with E-state index in [9.17, 15) is 9.59 Å². The van der Waals surface area contributed by atoms with Gasteiger partial charge in [0, 0.05) is 47.9 Å². The van der Waals surface area contributed by atoms with Crippen molar-refractivity contribution in [2.24, 2.45) is 0 Å². The molecule has 11 heteroatoms. The van der Waals surface area contributed by atoms with Crippen molar-refractivity contribution in [1.29, 1.82) is 0 Å². The molecule has 0 bridgehead atoms. The standard InChI is InChI=1S/C34H31N7O3S/c1-44-22-31(43)35-16-14-23-10-12-25(13-11-23)38-34-36-17-15-28(39-34)33-32(40-29-9-2-3-18-41(29)33)24-6-4-7-26(20-24)37-30(42)21-27-8-5-19-45-27/h2-13,15,17-20H,14,16,21-22H2,1H3,(H,35,43)(H,37,42)(H,36,38,39). The number of benzene rings is 2. The van der Waals surface area contributed by atoms with Crippen LogP contribution in [0.4, 0.5) is 17.3 Å². The second kappa shape index (κ2) is 13.9. The van der Waals surface area contributed by atoms with Gasteiger partial charge in [-0.15, -0.1) is 11.3 Å². The number of imidazole rings is 1. The smallest absolute Gasteiger partial charge is 0.245 e. The van der Waals surface area contributed by atoms with Gasteiger partial charge in [-0.1, -0.05) is 36.4 Å². The van der Waals surface area contributed by atoms with Crippen LogP contribution >= 0.6 is 11.3 Å². The fourth-order valence-corrected chi connectivity index (χ4v) is 5.63. The van der Waals surface area contributed by atoms with Crippen molar-refractivity contribution in [3.05, 3.63) is 113 Å². The van der Waals surface area contributed by atoms with Gasteiger partial charge in [-0.2, -0.15) is 0 Å². The van der Waals surface area contributed by atoms with Gasteiger partial charge in [0.25, 0.3) is 0 Å². The summed E-state index contributed by atoms with van der Waals surface area (Å²) in [5.74, 6) is 0.239. The predicted molar refractivity (Wildman–Crippen MR) is 177 cm³/mol. The number of thiophene rings is 1. The number of amides is 2. The van der Waals surface area contributed by atoms with Crippen LogP contribution in [0, 0.1) is 0 Å². The summed E-state index contributed by atoms with van der Waals surface area (Å²) < 4.78 is 6.85. The first-order valence-electron chi connectivity index (χ1n) is 14.4. The summed E-state index contributed by atoms with van der Waals surface area (Å²) in [5.41, 5.74) is 6.49. The van der Waals surface area contributed by atoms with Gasteiger partial charge in [0.1, 0.15) is 12.3 Å². The first-order valence-corrected chi connectivity index (χ1v) is 15.3. The highest BCUT2D eigenvalue weighted by Crippen LogP contribution is 2.33. The van der Waals surface area contributed by atoms with E-state index in [1.807, 2.05) is 101 Å². The van der Waals surface area contributed by atoms with E-state index in [1.54, 1.807) is 17.5 Å². The average molecular weight is 618 g/mol. The number of methoxy groups -OCH3 is 1. The maximum atomic E-state index is 12.7. The van der Waals surface area contributed by atoms with Crippen LogP contribution in [0.15, 0.2) is 103 Å². The lowest BCUT2D eigenvalue weighted by Crippen LogP contribution is -2.28. The van der Waals surface area contributed by atoms with Gasteiger partial charge in [-0.3, -0.25) is 14.0 Å². The fourth-order valence-electron chi connectivity index (χ4n) is 4.93. The number of hydrogen-bond donors (Lipinski definition) is 3. The monoisotopic (exact) mass is 617 g/mol. The molecule has 0 aliphatic rings. The van der Waals surface area contributed by atoms with Crippen molar-refractivity contribution in [3.63, 3.8) is 0 Å². The molecular weight excluding hydrogens is 586 g/mol. The molecule has 45 heavy (non-hydrogen) atoms. The summed E-state index contributed by atoms with van der Waals surface area (Å²) in [6.45, 7) is 0.589. The normalized spacial score (nSPS) is 11.0. The van der Waals surface area contributed by atoms with Crippen LogP contribution in [0.3, 0.4) is 0 Å². The molecule has 0 saturated carbocycles. The van der Waals surface area contributed by atoms with Crippen LogP contribution in [0.2, 0.25) is 0 Å². The highest BCUT2D eigenvalue weighted by atomic mass is 32.1. The summed E-state index contributed by atoms with van der Waals surface area (Å²) in [7, 11) is 1.50. The molecule has 0 radical (unpaired) electrons. The van der Waals surface area contributed by atoms with E-state index >= 15 is 0 Å². The van der Waals surface area contributed by atoms with Crippen molar-refractivity contribution in [2.75, 3.05) is 30.9 Å². The minimum atomic E-state index is -0.133. The van der Waals surface area contributed by atoms with Crippen molar-refractivity contribution >= 4 is 46.1 Å². The van der Waals surface area contributed by atoms with Gasteiger partial charge in [-0.05, 0) is 65.9 Å². The first kappa shape index (κ1) is 29.7. The van der Waals surface area contributed by atoms with E-state index in [4.69, 9.17) is 14.7 Å². The molecule has 6 aromatic rings. The largest absolute Gasteiger partial charge is 0.375 e. The van der Waals surface area contributed by atoms with Gasteiger partial charge in [0.05, 0.1) is 23.5 Å². The number of pyridine rings is 1. The maximum absolute atomic E-state index is 12.7. The molecule has 226 valence electrons. The molecule has 0 fully saturated rings. The summed E-state index contributed by atoms with van der Waals surface area (Å²) in [6, 6.07) is 27.2. The van der Waals surface area contributed by atoms with Gasteiger partial charge in [-0.25, -0.2) is 15.0 Å². The molecule has 0 aliphatic carbocycles. The molecule has 0 unspecified atom stereocenters. The molecule has 4 heterocycles. The Bertz CT molecular complexity index is 1920. The molecular formula is C34H31N7O3S. The van der Waals surface area contributed by atoms with Crippen molar-refractivity contribution in [3.8, 4) is 22.6 Å². The molecule has 2 aromatic carbocycles. The second-order valence-electron chi connectivity index (χ2n) is 10.2. The quantitative estimate of drug-likeness (QED) is 0.160. The summed E-state index contributed by atoms with van der Waals surface area (Å²) in [6.07, 6.45) is 4.71. The Morgan fingerprint density at radius 3 is 2.62 bits per heavy atom. The fraction of sp³-hybridized carbons (Fsp3) is 0.147. The number of nitrogens with zero attached hydrogens (tertiary/aromatic N) is 4. The van der Waals surface area contributed by atoms with Crippen LogP contribution in [0.1, 0.15) is 10.4 Å². The van der Waals surface area contributed by atoms with E-state index in [0.29, 0.717) is 36.7 Å². The Kier molecular flexibility index (Phi) is 9.19. The maximum Gasteiger partial charge on any atom is 0.245 e. The van der Waals surface area contributed by atoms with Gasteiger partial charge < -0.3 is 20.7 Å². The predicted octanol–water partition coefficient (Wildman–Crippen LogP) is 5.75. The number of carbonyl (C=O) groups excluding carboxylic acids is 2. The van der Waals surface area contributed by atoms with Crippen LogP contribution in [-0.4, -0.2) is 51.4 Å². The third-order valence-electron chi connectivity index (χ3n) is 6.98. The molecule has 4 aromatic heterocycles. The molecule has 0 aliphatic heterocycles. The molecule has 2 amide bonds. The van der Waals surface area contributed by atoms with E-state index in [2.05, 4.69) is 20.9 Å². The van der Waals surface area contributed by atoms with Gasteiger partial charge in [0.15, 0.2) is 0 Å². The van der Waals surface area contributed by atoms with Crippen LogP contribution in [-0.2, 0) is 27.2 Å². The SMILES string of the molecule is COCC(=O)NCCc1ccc(Nc2nccc(-c3c(-c4cccc(NC(=O)Cc5cccs5)c4)nc4ccccn34)n2)cc1. The average Bonchev–Trinajstić information content (AvgIpc) is 3.70. The number of carbonyl (C=O) groups is 2. The Balaban J connectivity index is 1.22. The van der Waals surface area contributed by atoms with Crippen LogP contribution in [0.25, 0.3) is 28.3 Å². The molecule has 0 saturated heterocycles. The third kappa shape index (κ3) is 7.40. The number of fused-ring (bicyclic) bond motifs is 1. The number of anilines is 3. The van der Waals surface area contributed by atoms with Crippen molar-refractivity contribution in [2.45, 2.75) is 12.8 Å². The number of ether oxygens (including phenoxy) is 1. The lowest BCUT2D eigenvalue weighted by atomic mass is 10.1. The number of nitrogens with one attached hydrogen (secondary N) is 3. The topological polar surface area (TPSA) is 123 Å². The molecule has 6 rings (SSSR count). The van der Waals surface area contributed by atoms with E-state index in [0.717, 1.165) is 38.7 Å². The Morgan fingerprint density at radius 2 is 1.80 bits per heavy atom. The van der Waals surface area contributed by atoms with Crippen molar-refractivity contribution < 1.29 is 14.3 Å². The second-order valence-corrected chi connectivity index (χ2v) is 11.3. The van der Waals surface area contributed by atoms with Crippen molar-refractivity contribution in [1.82, 2.24) is 24.7 Å². The lowest BCUT2D eigenvalue weighted by molar-refractivity contribution is -0.124. The number of aromatic nitrogens is 4. The molecule has 10 nitrogen and oxygen atoms in total. The molecule has 0 atom stereocenters. The highest BCUT2D eigenvalue weighted by molar-refractivity contribution is 7.10. The van der Waals surface area contributed by atoms with E-state index < -0.39 is 0 Å². The highest BCUT2D eigenvalue weighted by Gasteiger charge is 2.18. The lowest BCUT2D eigenvalue weighted by Gasteiger charge is -2.10. The zero-order valence-electron chi connectivity index (χ0n) is 24.6. The number of rotatable bonds is 12. The van der Waals surface area contributed by atoms with Crippen LogP contribution in [0.5, 0.6) is 0 Å². The minimum absolute atomic E-state index is 0.0550. The van der Waals surface area contributed by atoms with E-state index in [1.165, 1.54) is 7.11 Å². The van der Waals surface area contributed by atoms with Gasteiger partial charge >= 0.3 is 0 Å². The summed E-state index contributed by atoms with van der Waals surface area (Å²) >= 11 is 1.56. The molecule has 0 spiro atoms. The van der Waals surface area contributed by atoms with Crippen LogP contribution < -0.4 is 16.0 Å².